The molecule has 0 aromatic heterocycles. The van der Waals surface area contributed by atoms with Gasteiger partial charge in [0.15, 0.2) is 6.61 Å². The van der Waals surface area contributed by atoms with Crippen LogP contribution in [0.25, 0.3) is 0 Å². The summed E-state index contributed by atoms with van der Waals surface area (Å²) in [5.41, 5.74) is 0. The van der Waals surface area contributed by atoms with E-state index in [1.54, 1.807) is 45.0 Å². The first-order chi connectivity index (χ1) is 10.8. The Morgan fingerprint density at radius 2 is 1.78 bits per heavy atom. The summed E-state index contributed by atoms with van der Waals surface area (Å²) < 4.78 is 4.89. The summed E-state index contributed by atoms with van der Waals surface area (Å²) in [4.78, 5) is 35.5. The Morgan fingerprint density at radius 1 is 1.17 bits per heavy atom. The second-order valence-corrected chi connectivity index (χ2v) is 6.85. The molecular formula is C15H19ClN2O4S. The third-order valence-corrected chi connectivity index (χ3v) is 3.82. The average Bonchev–Trinajstić information content (AvgIpc) is 2.46. The van der Waals surface area contributed by atoms with Crippen molar-refractivity contribution in [1.82, 2.24) is 10.6 Å². The highest BCUT2D eigenvalue weighted by atomic mass is 35.5. The van der Waals surface area contributed by atoms with Crippen molar-refractivity contribution >= 4 is 41.3 Å². The van der Waals surface area contributed by atoms with Crippen molar-refractivity contribution in [1.29, 1.82) is 0 Å². The number of esters is 1. The molecule has 0 unspecified atom stereocenters. The number of thioether (sulfide) groups is 1. The van der Waals surface area contributed by atoms with Gasteiger partial charge in [0, 0.05) is 16.0 Å². The Bertz CT molecular complexity index is 563. The second kappa shape index (κ2) is 9.42. The zero-order valence-corrected chi connectivity index (χ0v) is 14.7. The van der Waals surface area contributed by atoms with Crippen molar-refractivity contribution in [2.45, 2.75) is 37.0 Å². The molecule has 0 radical (unpaired) electrons. The van der Waals surface area contributed by atoms with Gasteiger partial charge >= 0.3 is 12.0 Å². The normalized spacial score (nSPS) is 11.7. The summed E-state index contributed by atoms with van der Waals surface area (Å²) >= 11 is 7.08. The number of carbonyl (C=O) groups excluding carboxylic acids is 3. The number of rotatable bonds is 6. The molecule has 0 aliphatic rings. The molecule has 0 bridgehead atoms. The SMILES string of the molecule is CC(C)NC(=O)NC(=O)COC(=O)[C@@H](C)Sc1ccc(Cl)cc1. The largest absolute Gasteiger partial charge is 0.455 e. The van der Waals surface area contributed by atoms with Gasteiger partial charge in [-0.15, -0.1) is 11.8 Å². The van der Waals surface area contributed by atoms with Crippen molar-refractivity contribution < 1.29 is 19.1 Å². The van der Waals surface area contributed by atoms with Gasteiger partial charge in [0.2, 0.25) is 0 Å². The van der Waals surface area contributed by atoms with Crippen molar-refractivity contribution in [2.75, 3.05) is 6.61 Å². The minimum absolute atomic E-state index is 0.0962. The van der Waals surface area contributed by atoms with Crippen molar-refractivity contribution in [3.8, 4) is 0 Å². The molecule has 8 heteroatoms. The zero-order valence-electron chi connectivity index (χ0n) is 13.1. The van der Waals surface area contributed by atoms with Crippen LogP contribution in [0, 0.1) is 0 Å². The van der Waals surface area contributed by atoms with Gasteiger partial charge in [-0.25, -0.2) is 4.79 Å². The van der Waals surface area contributed by atoms with E-state index in [4.69, 9.17) is 16.3 Å². The predicted octanol–water partition coefficient (Wildman–Crippen LogP) is 2.60. The molecular weight excluding hydrogens is 340 g/mol. The summed E-state index contributed by atoms with van der Waals surface area (Å²) in [6.45, 7) is 4.69. The lowest BCUT2D eigenvalue weighted by atomic mass is 10.4. The van der Waals surface area contributed by atoms with Crippen LogP contribution in [0.4, 0.5) is 4.79 Å². The minimum atomic E-state index is -0.680. The number of nitrogens with one attached hydrogen (secondary N) is 2. The van der Waals surface area contributed by atoms with Gasteiger partial charge in [-0.2, -0.15) is 0 Å². The summed E-state index contributed by atoms with van der Waals surface area (Å²) in [6.07, 6.45) is 0. The Hall–Kier alpha value is -1.73. The second-order valence-electron chi connectivity index (χ2n) is 5.00. The van der Waals surface area contributed by atoms with E-state index in [2.05, 4.69) is 10.6 Å². The van der Waals surface area contributed by atoms with Crippen LogP contribution < -0.4 is 10.6 Å². The summed E-state index contributed by atoms with van der Waals surface area (Å²) in [5, 5.41) is 4.69. The lowest BCUT2D eigenvalue weighted by molar-refractivity contribution is -0.147. The molecule has 0 fully saturated rings. The fourth-order valence-corrected chi connectivity index (χ4v) is 2.47. The smallest absolute Gasteiger partial charge is 0.321 e. The summed E-state index contributed by atoms with van der Waals surface area (Å²) in [7, 11) is 0. The molecule has 0 saturated heterocycles. The van der Waals surface area contributed by atoms with Crippen LogP contribution >= 0.6 is 23.4 Å². The number of ether oxygens (including phenoxy) is 1. The first-order valence-corrected chi connectivity index (χ1v) is 8.23. The number of amides is 3. The fraction of sp³-hybridized carbons (Fsp3) is 0.400. The molecule has 1 rings (SSSR count). The Labute approximate surface area is 144 Å². The molecule has 3 amide bonds. The molecule has 0 saturated carbocycles. The van der Waals surface area contributed by atoms with E-state index in [1.807, 2.05) is 0 Å². The molecule has 1 aromatic carbocycles. The average molecular weight is 359 g/mol. The molecule has 1 atom stereocenters. The van der Waals surface area contributed by atoms with E-state index in [1.165, 1.54) is 11.8 Å². The van der Waals surface area contributed by atoms with E-state index < -0.39 is 29.8 Å². The van der Waals surface area contributed by atoms with Crippen LogP contribution in [-0.4, -0.2) is 35.8 Å². The van der Waals surface area contributed by atoms with Crippen molar-refractivity contribution in [3.05, 3.63) is 29.3 Å². The van der Waals surface area contributed by atoms with Gasteiger partial charge in [0.05, 0.1) is 0 Å². The first kappa shape index (κ1) is 19.3. The lowest BCUT2D eigenvalue weighted by Gasteiger charge is -2.12. The number of carbonyl (C=O) groups is 3. The molecule has 23 heavy (non-hydrogen) atoms. The number of imide groups is 1. The summed E-state index contributed by atoms with van der Waals surface area (Å²) in [6, 6.07) is 6.32. The highest BCUT2D eigenvalue weighted by molar-refractivity contribution is 8.00. The van der Waals surface area contributed by atoms with Gasteiger partial charge < -0.3 is 10.1 Å². The van der Waals surface area contributed by atoms with Crippen LogP contribution in [0.1, 0.15) is 20.8 Å². The maximum absolute atomic E-state index is 11.8. The topological polar surface area (TPSA) is 84.5 Å². The van der Waals surface area contributed by atoms with Crippen LogP contribution in [0.5, 0.6) is 0 Å². The first-order valence-electron chi connectivity index (χ1n) is 6.97. The molecule has 126 valence electrons. The molecule has 0 spiro atoms. The monoisotopic (exact) mass is 358 g/mol. The molecule has 0 aliphatic carbocycles. The number of halogens is 1. The standard InChI is InChI=1S/C15H19ClN2O4S/c1-9(2)17-15(21)18-13(19)8-22-14(20)10(3)23-12-6-4-11(16)5-7-12/h4-7,9-10H,8H2,1-3H3,(H2,17,18,19,21)/t10-/m1/s1. The van der Waals surface area contributed by atoms with Crippen LogP contribution in [0.2, 0.25) is 5.02 Å². The van der Waals surface area contributed by atoms with Crippen molar-refractivity contribution in [2.24, 2.45) is 0 Å². The van der Waals surface area contributed by atoms with Gasteiger partial charge in [-0.1, -0.05) is 11.6 Å². The number of hydrogen-bond acceptors (Lipinski definition) is 5. The van der Waals surface area contributed by atoms with Gasteiger partial charge in [-0.05, 0) is 45.0 Å². The highest BCUT2D eigenvalue weighted by Crippen LogP contribution is 2.25. The van der Waals surface area contributed by atoms with Crippen LogP contribution in [-0.2, 0) is 14.3 Å². The highest BCUT2D eigenvalue weighted by Gasteiger charge is 2.18. The molecule has 1 aromatic rings. The van der Waals surface area contributed by atoms with E-state index in [0.29, 0.717) is 5.02 Å². The van der Waals surface area contributed by atoms with E-state index >= 15 is 0 Å². The third-order valence-electron chi connectivity index (χ3n) is 2.48. The quantitative estimate of drug-likeness (QED) is 0.603. The van der Waals surface area contributed by atoms with Crippen LogP contribution in [0.15, 0.2) is 29.2 Å². The maximum atomic E-state index is 11.8. The summed E-state index contributed by atoms with van der Waals surface area (Å²) in [5.74, 6) is -1.22. The van der Waals surface area contributed by atoms with E-state index in [9.17, 15) is 14.4 Å². The van der Waals surface area contributed by atoms with E-state index in [0.717, 1.165) is 4.90 Å². The molecule has 0 heterocycles. The molecule has 6 nitrogen and oxygen atoms in total. The molecule has 2 N–H and O–H groups in total. The number of urea groups is 1. The Morgan fingerprint density at radius 3 is 2.35 bits per heavy atom. The van der Waals surface area contributed by atoms with Gasteiger partial charge in [-0.3, -0.25) is 14.9 Å². The fourth-order valence-electron chi connectivity index (χ4n) is 1.48. The third kappa shape index (κ3) is 7.90. The Balaban J connectivity index is 2.36. The predicted molar refractivity (Wildman–Crippen MR) is 89.5 cm³/mol. The number of hydrogen-bond donors (Lipinski definition) is 2. The van der Waals surface area contributed by atoms with E-state index in [-0.39, 0.29) is 6.04 Å². The zero-order chi connectivity index (χ0) is 17.4. The number of benzene rings is 1. The minimum Gasteiger partial charge on any atom is -0.455 e. The van der Waals surface area contributed by atoms with Gasteiger partial charge in [0.1, 0.15) is 5.25 Å². The molecule has 0 aliphatic heterocycles. The lowest BCUT2D eigenvalue weighted by Crippen LogP contribution is -2.44. The Kier molecular flexibility index (Phi) is 7.91. The van der Waals surface area contributed by atoms with Gasteiger partial charge in [0.25, 0.3) is 5.91 Å². The van der Waals surface area contributed by atoms with Crippen molar-refractivity contribution in [3.63, 3.8) is 0 Å². The maximum Gasteiger partial charge on any atom is 0.321 e. The van der Waals surface area contributed by atoms with Crippen LogP contribution in [0.3, 0.4) is 0 Å².